The van der Waals surface area contributed by atoms with Gasteiger partial charge < -0.3 is 10.2 Å². The van der Waals surface area contributed by atoms with Crippen molar-refractivity contribution in [1.29, 1.82) is 0 Å². The Labute approximate surface area is 126 Å². The lowest BCUT2D eigenvalue weighted by Gasteiger charge is -2.32. The van der Waals surface area contributed by atoms with Gasteiger partial charge >= 0.3 is 0 Å². The van der Waals surface area contributed by atoms with Gasteiger partial charge in [-0.1, -0.05) is 12.5 Å². The summed E-state index contributed by atoms with van der Waals surface area (Å²) in [6, 6.07) is 6.92. The molecule has 100 valence electrons. The lowest BCUT2D eigenvalue weighted by molar-refractivity contribution is 0.179. The molecule has 0 bridgehead atoms. The molecule has 0 spiro atoms. The fraction of sp³-hybridized carbons (Fsp3) is 0.571. The number of benzene rings is 1. The number of halogens is 2. The fourth-order valence-corrected chi connectivity index (χ4v) is 3.82. The Morgan fingerprint density at radius 3 is 2.67 bits per heavy atom. The number of hydrogen-bond acceptors (Lipinski definition) is 2. The van der Waals surface area contributed by atoms with Crippen molar-refractivity contribution in [1.82, 2.24) is 4.90 Å². The Morgan fingerprint density at radius 2 is 2.00 bits per heavy atom. The third-order valence-electron chi connectivity index (χ3n) is 3.66. The van der Waals surface area contributed by atoms with Crippen molar-refractivity contribution in [3.63, 3.8) is 0 Å². The summed E-state index contributed by atoms with van der Waals surface area (Å²) in [6.45, 7) is 2.28. The molecular formula is C14H20Br2N2. The molecule has 1 aromatic carbocycles. The Kier molecular flexibility index (Phi) is 5.52. The van der Waals surface area contributed by atoms with Crippen LogP contribution < -0.4 is 5.32 Å². The molecule has 1 saturated heterocycles. The lowest BCUT2D eigenvalue weighted by atomic mass is 10.0. The van der Waals surface area contributed by atoms with Crippen LogP contribution in [-0.2, 0) is 0 Å². The number of nitrogens with one attached hydrogen (secondary N) is 1. The molecule has 0 aliphatic carbocycles. The van der Waals surface area contributed by atoms with Crippen molar-refractivity contribution in [3.8, 4) is 0 Å². The molecule has 1 aliphatic heterocycles. The minimum Gasteiger partial charge on any atom is -0.383 e. The molecule has 4 heteroatoms. The van der Waals surface area contributed by atoms with Crippen LogP contribution in [0.25, 0.3) is 0 Å². The second kappa shape index (κ2) is 6.92. The zero-order valence-electron chi connectivity index (χ0n) is 10.8. The minimum absolute atomic E-state index is 0.743. The van der Waals surface area contributed by atoms with Gasteiger partial charge in [0.2, 0.25) is 0 Å². The summed E-state index contributed by atoms with van der Waals surface area (Å²) in [6.07, 6.45) is 5.30. The number of piperidine rings is 1. The average Bonchev–Trinajstić information content (AvgIpc) is 2.35. The van der Waals surface area contributed by atoms with E-state index >= 15 is 0 Å². The number of rotatable bonds is 4. The summed E-state index contributed by atoms with van der Waals surface area (Å²) in [5.74, 6) is 0. The maximum Gasteiger partial charge on any atom is 0.0629 e. The quantitative estimate of drug-likeness (QED) is 0.833. The largest absolute Gasteiger partial charge is 0.383 e. The van der Waals surface area contributed by atoms with E-state index in [0.29, 0.717) is 0 Å². The molecule has 0 aromatic heterocycles. The summed E-state index contributed by atoms with van der Waals surface area (Å²) >= 11 is 7.16. The van der Waals surface area contributed by atoms with Gasteiger partial charge in [0.15, 0.2) is 0 Å². The van der Waals surface area contributed by atoms with E-state index in [9.17, 15) is 0 Å². The van der Waals surface area contributed by atoms with Crippen molar-refractivity contribution in [2.45, 2.75) is 31.7 Å². The molecule has 0 radical (unpaired) electrons. The van der Waals surface area contributed by atoms with Crippen LogP contribution >= 0.6 is 31.9 Å². The number of anilines is 1. The first-order valence-electron chi connectivity index (χ1n) is 6.56. The maximum atomic E-state index is 3.58. The fourth-order valence-electron chi connectivity index (χ4n) is 2.54. The van der Waals surface area contributed by atoms with Crippen LogP contribution in [0.5, 0.6) is 0 Å². The van der Waals surface area contributed by atoms with E-state index in [-0.39, 0.29) is 0 Å². The third-order valence-corrected chi connectivity index (χ3v) is 4.99. The van der Waals surface area contributed by atoms with Gasteiger partial charge in [-0.15, -0.1) is 0 Å². The predicted octanol–water partition coefficient (Wildman–Crippen LogP) is 4.50. The number of para-hydroxylation sites is 1. The van der Waals surface area contributed by atoms with Crippen molar-refractivity contribution in [2.24, 2.45) is 0 Å². The van der Waals surface area contributed by atoms with E-state index in [0.717, 1.165) is 27.2 Å². The summed E-state index contributed by atoms with van der Waals surface area (Å²) in [5.41, 5.74) is 1.16. The molecule has 1 aromatic rings. The smallest absolute Gasteiger partial charge is 0.0629 e. The molecule has 1 heterocycles. The molecule has 1 atom stereocenters. The molecule has 2 rings (SSSR count). The molecule has 2 nitrogen and oxygen atoms in total. The Bertz CT molecular complexity index is 375. The normalized spacial score (nSPS) is 20.9. The second-order valence-electron chi connectivity index (χ2n) is 4.94. The predicted molar refractivity (Wildman–Crippen MR) is 85.2 cm³/mol. The Hall–Kier alpha value is -0.0600. The zero-order valence-corrected chi connectivity index (χ0v) is 13.9. The summed E-state index contributed by atoms with van der Waals surface area (Å²) in [5, 5.41) is 3.53. The van der Waals surface area contributed by atoms with Gasteiger partial charge in [0.25, 0.3) is 0 Å². The number of hydrogen-bond donors (Lipinski definition) is 1. The molecule has 0 amide bonds. The molecule has 1 aliphatic rings. The van der Waals surface area contributed by atoms with E-state index in [1.165, 1.54) is 32.2 Å². The minimum atomic E-state index is 0.743. The topological polar surface area (TPSA) is 15.3 Å². The maximum absolute atomic E-state index is 3.58. The first-order chi connectivity index (χ1) is 8.68. The van der Waals surface area contributed by atoms with E-state index < -0.39 is 0 Å². The Morgan fingerprint density at radius 1 is 1.28 bits per heavy atom. The van der Waals surface area contributed by atoms with Gasteiger partial charge in [0.05, 0.1) is 5.69 Å². The molecule has 1 unspecified atom stereocenters. The molecular weight excluding hydrogens is 356 g/mol. The standard InChI is InChI=1S/C14H20Br2N2/c1-18-10-3-2-5-11(18)8-9-17-14-12(15)6-4-7-13(14)16/h4,6-7,11,17H,2-3,5,8-10H2,1H3. The van der Waals surface area contributed by atoms with Crippen LogP contribution in [0.3, 0.4) is 0 Å². The highest BCUT2D eigenvalue weighted by molar-refractivity contribution is 9.11. The van der Waals surface area contributed by atoms with Gasteiger partial charge in [-0.2, -0.15) is 0 Å². The van der Waals surface area contributed by atoms with E-state index in [1.54, 1.807) is 0 Å². The Balaban J connectivity index is 1.84. The SMILES string of the molecule is CN1CCCCC1CCNc1c(Br)cccc1Br. The number of likely N-dealkylation sites (tertiary alicyclic amines) is 1. The van der Waals surface area contributed by atoms with Gasteiger partial charge in [-0.25, -0.2) is 0 Å². The molecule has 18 heavy (non-hydrogen) atoms. The van der Waals surface area contributed by atoms with Crippen LogP contribution in [0.2, 0.25) is 0 Å². The van der Waals surface area contributed by atoms with Crippen LogP contribution in [0.4, 0.5) is 5.69 Å². The van der Waals surface area contributed by atoms with Crippen molar-refractivity contribution in [3.05, 3.63) is 27.1 Å². The van der Waals surface area contributed by atoms with Crippen LogP contribution in [0.15, 0.2) is 27.1 Å². The monoisotopic (exact) mass is 374 g/mol. The van der Waals surface area contributed by atoms with Gasteiger partial charge in [0, 0.05) is 21.5 Å². The molecule has 0 saturated carbocycles. The van der Waals surface area contributed by atoms with Crippen molar-refractivity contribution in [2.75, 3.05) is 25.5 Å². The van der Waals surface area contributed by atoms with Crippen LogP contribution in [0.1, 0.15) is 25.7 Å². The third kappa shape index (κ3) is 3.72. The molecule has 1 fully saturated rings. The van der Waals surface area contributed by atoms with Gasteiger partial charge in [-0.05, 0) is 76.8 Å². The highest BCUT2D eigenvalue weighted by atomic mass is 79.9. The second-order valence-corrected chi connectivity index (χ2v) is 6.65. The molecule has 1 N–H and O–H groups in total. The summed E-state index contributed by atoms with van der Waals surface area (Å²) in [4.78, 5) is 2.50. The highest BCUT2D eigenvalue weighted by Gasteiger charge is 2.18. The average molecular weight is 376 g/mol. The van der Waals surface area contributed by atoms with Gasteiger partial charge in [-0.3, -0.25) is 0 Å². The zero-order chi connectivity index (χ0) is 13.0. The first-order valence-corrected chi connectivity index (χ1v) is 8.15. The number of nitrogens with zero attached hydrogens (tertiary/aromatic N) is 1. The van der Waals surface area contributed by atoms with Gasteiger partial charge in [0.1, 0.15) is 0 Å². The first kappa shape index (κ1) is 14.4. The summed E-state index contributed by atoms with van der Waals surface area (Å²) < 4.78 is 2.24. The van der Waals surface area contributed by atoms with Crippen LogP contribution in [0, 0.1) is 0 Å². The van der Waals surface area contributed by atoms with Crippen LogP contribution in [-0.4, -0.2) is 31.1 Å². The van der Waals surface area contributed by atoms with Crippen molar-refractivity contribution < 1.29 is 0 Å². The van der Waals surface area contributed by atoms with Crippen molar-refractivity contribution >= 4 is 37.5 Å². The lowest BCUT2D eigenvalue weighted by Crippen LogP contribution is -2.37. The van der Waals surface area contributed by atoms with E-state index in [2.05, 4.69) is 61.3 Å². The highest BCUT2D eigenvalue weighted by Crippen LogP contribution is 2.30. The van der Waals surface area contributed by atoms with E-state index in [1.807, 2.05) is 6.07 Å². The van der Waals surface area contributed by atoms with E-state index in [4.69, 9.17) is 0 Å². The summed E-state index contributed by atoms with van der Waals surface area (Å²) in [7, 11) is 2.25.